The monoisotopic (exact) mass is 264 g/mol. The molecule has 1 rings (SSSR count). The maximum atomic E-state index is 11.0. The van der Waals surface area contributed by atoms with Gasteiger partial charge in [0.15, 0.2) is 0 Å². The summed E-state index contributed by atoms with van der Waals surface area (Å²) >= 11 is 0. The molecule has 1 heterocycles. The van der Waals surface area contributed by atoms with Gasteiger partial charge in [-0.05, 0) is 13.0 Å². The maximum Gasteiger partial charge on any atom is 0.329 e. The summed E-state index contributed by atoms with van der Waals surface area (Å²) in [5.74, 6) is -0.981. The number of carboxylic acids is 1. The number of nitriles is 1. The number of nitro groups is 1. The average molecular weight is 264 g/mol. The fraction of sp³-hybridized carbons (Fsp3) is 0.364. The van der Waals surface area contributed by atoms with E-state index in [-0.39, 0.29) is 24.3 Å². The summed E-state index contributed by atoms with van der Waals surface area (Å²) in [6.45, 7) is 2.18. The number of carbonyl (C=O) groups is 1. The third kappa shape index (κ3) is 3.38. The van der Waals surface area contributed by atoms with E-state index in [9.17, 15) is 14.9 Å². The summed E-state index contributed by atoms with van der Waals surface area (Å²) in [6.07, 6.45) is 1.13. The van der Waals surface area contributed by atoms with Crippen molar-refractivity contribution in [3.8, 4) is 6.07 Å². The molecule has 0 aliphatic carbocycles. The summed E-state index contributed by atoms with van der Waals surface area (Å²) in [5.41, 5.74) is -0.485. The van der Waals surface area contributed by atoms with Crippen molar-refractivity contribution in [2.45, 2.75) is 13.3 Å². The first-order valence-electron chi connectivity index (χ1n) is 5.51. The quantitative estimate of drug-likeness (QED) is 0.604. The summed E-state index contributed by atoms with van der Waals surface area (Å²) < 4.78 is 0. The Morgan fingerprint density at radius 3 is 2.84 bits per heavy atom. The van der Waals surface area contributed by atoms with Gasteiger partial charge in [-0.25, -0.2) is 4.98 Å². The Balaban J connectivity index is 3.20. The fourth-order valence-electron chi connectivity index (χ4n) is 1.59. The molecule has 0 radical (unpaired) electrons. The molecule has 0 amide bonds. The van der Waals surface area contributed by atoms with Crippen LogP contribution >= 0.6 is 0 Å². The van der Waals surface area contributed by atoms with Crippen LogP contribution in [0.2, 0.25) is 0 Å². The molecule has 1 N–H and O–H groups in total. The Morgan fingerprint density at radius 1 is 1.68 bits per heavy atom. The third-order valence-electron chi connectivity index (χ3n) is 2.48. The number of carboxylic acid groups (broad SMARTS) is 1. The topological polar surface area (TPSA) is 120 Å². The smallest absolute Gasteiger partial charge is 0.329 e. The Morgan fingerprint density at radius 2 is 2.37 bits per heavy atom. The fourth-order valence-corrected chi connectivity index (χ4v) is 1.59. The van der Waals surface area contributed by atoms with Crippen molar-refractivity contribution in [1.29, 1.82) is 5.26 Å². The van der Waals surface area contributed by atoms with E-state index in [1.165, 1.54) is 17.2 Å². The predicted molar refractivity (Wildman–Crippen MR) is 65.7 cm³/mol. The lowest BCUT2D eigenvalue weighted by Gasteiger charge is -2.20. The molecule has 0 spiro atoms. The zero-order valence-corrected chi connectivity index (χ0v) is 10.2. The Bertz CT molecular complexity index is 538. The highest BCUT2D eigenvalue weighted by Gasteiger charge is 2.25. The minimum Gasteiger partial charge on any atom is -0.481 e. The number of hydrogen-bond acceptors (Lipinski definition) is 6. The van der Waals surface area contributed by atoms with Gasteiger partial charge in [0.1, 0.15) is 11.6 Å². The van der Waals surface area contributed by atoms with Gasteiger partial charge in [-0.1, -0.05) is 0 Å². The van der Waals surface area contributed by atoms with Crippen LogP contribution in [0.15, 0.2) is 12.3 Å². The van der Waals surface area contributed by atoms with Crippen molar-refractivity contribution in [2.75, 3.05) is 18.0 Å². The van der Waals surface area contributed by atoms with Gasteiger partial charge in [-0.15, -0.1) is 0 Å². The highest BCUT2D eigenvalue weighted by molar-refractivity contribution is 5.69. The number of anilines is 1. The van der Waals surface area contributed by atoms with E-state index in [2.05, 4.69) is 4.98 Å². The Labute approximate surface area is 109 Å². The van der Waals surface area contributed by atoms with Gasteiger partial charge >= 0.3 is 11.7 Å². The summed E-state index contributed by atoms with van der Waals surface area (Å²) in [6, 6.07) is 2.99. The van der Waals surface area contributed by atoms with Crippen LogP contribution in [0.4, 0.5) is 11.5 Å². The molecule has 100 valence electrons. The van der Waals surface area contributed by atoms with E-state index in [1.54, 1.807) is 13.0 Å². The Kier molecular flexibility index (Phi) is 4.76. The van der Waals surface area contributed by atoms with Crippen molar-refractivity contribution < 1.29 is 14.8 Å². The minimum absolute atomic E-state index is 0.0211. The molecule has 0 aliphatic heterocycles. The van der Waals surface area contributed by atoms with E-state index in [1.807, 2.05) is 0 Å². The van der Waals surface area contributed by atoms with Crippen molar-refractivity contribution in [3.63, 3.8) is 0 Å². The third-order valence-corrected chi connectivity index (χ3v) is 2.48. The highest BCUT2D eigenvalue weighted by Crippen LogP contribution is 2.28. The lowest BCUT2D eigenvalue weighted by atomic mass is 10.2. The van der Waals surface area contributed by atoms with Crippen LogP contribution in [0, 0.1) is 21.4 Å². The number of hydrogen-bond donors (Lipinski definition) is 1. The molecule has 19 heavy (non-hydrogen) atoms. The number of aliphatic carboxylic acids is 1. The van der Waals surface area contributed by atoms with Gasteiger partial charge in [-0.2, -0.15) is 5.26 Å². The van der Waals surface area contributed by atoms with Crippen LogP contribution in [-0.4, -0.2) is 34.1 Å². The van der Waals surface area contributed by atoms with E-state index >= 15 is 0 Å². The van der Waals surface area contributed by atoms with Crippen LogP contribution < -0.4 is 4.90 Å². The average Bonchev–Trinajstić information content (AvgIpc) is 2.38. The number of rotatable bonds is 6. The zero-order valence-electron chi connectivity index (χ0n) is 10.2. The normalized spacial score (nSPS) is 9.68. The molecular formula is C11H12N4O4. The van der Waals surface area contributed by atoms with Gasteiger partial charge in [0.2, 0.25) is 5.82 Å². The summed E-state index contributed by atoms with van der Waals surface area (Å²) in [5, 5.41) is 28.6. The largest absolute Gasteiger partial charge is 0.481 e. The molecule has 1 aromatic rings. The molecule has 0 unspecified atom stereocenters. The Hall–Kier alpha value is -2.69. The first-order chi connectivity index (χ1) is 9.01. The predicted octanol–water partition coefficient (Wildman–Crippen LogP) is 1.16. The second-order valence-electron chi connectivity index (χ2n) is 3.62. The first kappa shape index (κ1) is 14.4. The highest BCUT2D eigenvalue weighted by atomic mass is 16.6. The van der Waals surface area contributed by atoms with Gasteiger partial charge in [0.05, 0.1) is 11.3 Å². The van der Waals surface area contributed by atoms with Crippen molar-refractivity contribution in [1.82, 2.24) is 4.98 Å². The van der Waals surface area contributed by atoms with Gasteiger partial charge in [-0.3, -0.25) is 14.9 Å². The molecule has 0 fully saturated rings. The van der Waals surface area contributed by atoms with E-state index < -0.39 is 16.6 Å². The first-order valence-corrected chi connectivity index (χ1v) is 5.51. The molecule has 0 bridgehead atoms. The molecule has 1 aromatic heterocycles. The lowest BCUT2D eigenvalue weighted by Crippen LogP contribution is -2.27. The molecule has 0 saturated carbocycles. The molecule has 0 aliphatic rings. The molecule has 0 atom stereocenters. The van der Waals surface area contributed by atoms with Gasteiger partial charge in [0, 0.05) is 19.3 Å². The van der Waals surface area contributed by atoms with Gasteiger partial charge < -0.3 is 10.0 Å². The number of aromatic nitrogens is 1. The molecular weight excluding hydrogens is 252 g/mol. The number of nitrogens with zero attached hydrogens (tertiary/aromatic N) is 4. The van der Waals surface area contributed by atoms with Gasteiger partial charge in [0.25, 0.3) is 0 Å². The molecule has 0 saturated heterocycles. The standard InChI is InChI=1S/C11H12N4O4/c1-2-14(6-4-9(16)17)11-10(15(18)19)8(7-12)3-5-13-11/h3,5H,2,4,6H2,1H3,(H,16,17). The molecule has 8 nitrogen and oxygen atoms in total. The van der Waals surface area contributed by atoms with E-state index in [0.29, 0.717) is 6.54 Å². The van der Waals surface area contributed by atoms with E-state index in [0.717, 1.165) is 0 Å². The van der Waals surface area contributed by atoms with E-state index in [4.69, 9.17) is 10.4 Å². The van der Waals surface area contributed by atoms with Crippen LogP contribution in [0.3, 0.4) is 0 Å². The SMILES string of the molecule is CCN(CCC(=O)O)c1nccc(C#N)c1[N+](=O)[O-]. The van der Waals surface area contributed by atoms with Crippen LogP contribution in [-0.2, 0) is 4.79 Å². The van der Waals surface area contributed by atoms with Crippen molar-refractivity contribution in [3.05, 3.63) is 27.9 Å². The molecule has 8 heteroatoms. The van der Waals surface area contributed by atoms with Crippen molar-refractivity contribution in [2.24, 2.45) is 0 Å². The summed E-state index contributed by atoms with van der Waals surface area (Å²) in [7, 11) is 0. The lowest BCUT2D eigenvalue weighted by molar-refractivity contribution is -0.384. The van der Waals surface area contributed by atoms with Crippen LogP contribution in [0.25, 0.3) is 0 Å². The van der Waals surface area contributed by atoms with Crippen molar-refractivity contribution >= 4 is 17.5 Å². The van der Waals surface area contributed by atoms with Crippen LogP contribution in [0.1, 0.15) is 18.9 Å². The van der Waals surface area contributed by atoms with Crippen LogP contribution in [0.5, 0.6) is 0 Å². The zero-order chi connectivity index (χ0) is 14.4. The summed E-state index contributed by atoms with van der Waals surface area (Å²) in [4.78, 5) is 26.3. The maximum absolute atomic E-state index is 11.0. The second kappa shape index (κ2) is 6.30. The molecule has 0 aromatic carbocycles. The number of pyridine rings is 1. The second-order valence-corrected chi connectivity index (χ2v) is 3.62. The minimum atomic E-state index is -1.00.